The summed E-state index contributed by atoms with van der Waals surface area (Å²) in [4.78, 5) is 0. The van der Waals surface area contributed by atoms with E-state index in [4.69, 9.17) is 10.00 Å². The first-order valence-electron chi connectivity index (χ1n) is 7.06. The zero-order chi connectivity index (χ0) is 12.7. The zero-order valence-corrected chi connectivity index (χ0v) is 11.7. The van der Waals surface area contributed by atoms with Gasteiger partial charge in [-0.1, -0.05) is 19.8 Å². The third kappa shape index (κ3) is 6.07. The molecule has 0 heterocycles. The van der Waals surface area contributed by atoms with Crippen molar-refractivity contribution in [2.75, 3.05) is 6.61 Å². The third-order valence-corrected chi connectivity index (χ3v) is 3.74. The standard InChI is InChI=1S/C15H27NO/c1-13-7-6-8-14(11-13)17-10-5-4-9-15(2,3)12-16/h13-14H,4-11H2,1-3H3. The second kappa shape index (κ2) is 7.01. The van der Waals surface area contributed by atoms with Gasteiger partial charge in [0.15, 0.2) is 0 Å². The molecule has 0 N–H and O–H groups in total. The first kappa shape index (κ1) is 14.5. The highest BCUT2D eigenvalue weighted by molar-refractivity contribution is 4.91. The molecule has 1 aliphatic rings. The largest absolute Gasteiger partial charge is 0.378 e. The van der Waals surface area contributed by atoms with E-state index in [0.29, 0.717) is 6.10 Å². The van der Waals surface area contributed by atoms with Gasteiger partial charge in [0, 0.05) is 6.61 Å². The minimum atomic E-state index is -0.167. The van der Waals surface area contributed by atoms with Gasteiger partial charge in [0.2, 0.25) is 0 Å². The Morgan fingerprint density at radius 2 is 2.06 bits per heavy atom. The summed E-state index contributed by atoms with van der Waals surface area (Å²) in [7, 11) is 0. The fourth-order valence-electron chi connectivity index (χ4n) is 2.50. The average molecular weight is 237 g/mol. The van der Waals surface area contributed by atoms with Gasteiger partial charge in [-0.2, -0.15) is 5.26 Å². The van der Waals surface area contributed by atoms with E-state index in [2.05, 4.69) is 13.0 Å². The number of hydrogen-bond acceptors (Lipinski definition) is 2. The molecule has 0 aromatic rings. The van der Waals surface area contributed by atoms with Gasteiger partial charge in [0.1, 0.15) is 0 Å². The lowest BCUT2D eigenvalue weighted by molar-refractivity contribution is 0.0133. The van der Waals surface area contributed by atoms with Crippen molar-refractivity contribution in [1.29, 1.82) is 5.26 Å². The van der Waals surface area contributed by atoms with Gasteiger partial charge in [-0.25, -0.2) is 0 Å². The molecule has 0 aliphatic heterocycles. The molecule has 1 fully saturated rings. The van der Waals surface area contributed by atoms with Crippen LogP contribution in [-0.4, -0.2) is 12.7 Å². The number of nitrogens with zero attached hydrogens (tertiary/aromatic N) is 1. The second-order valence-electron chi connectivity index (χ2n) is 6.22. The number of nitriles is 1. The zero-order valence-electron chi connectivity index (χ0n) is 11.7. The molecule has 1 rings (SSSR count). The Bertz CT molecular complexity index is 254. The summed E-state index contributed by atoms with van der Waals surface area (Å²) < 4.78 is 5.92. The van der Waals surface area contributed by atoms with Crippen LogP contribution >= 0.6 is 0 Å². The fraction of sp³-hybridized carbons (Fsp3) is 0.933. The van der Waals surface area contributed by atoms with Crippen molar-refractivity contribution in [1.82, 2.24) is 0 Å². The SMILES string of the molecule is CC1CCCC(OCCCCC(C)(C)C#N)C1. The number of rotatable bonds is 6. The lowest BCUT2D eigenvalue weighted by Gasteiger charge is -2.26. The molecule has 98 valence electrons. The van der Waals surface area contributed by atoms with Crippen LogP contribution in [-0.2, 0) is 4.74 Å². The molecule has 2 heteroatoms. The van der Waals surface area contributed by atoms with Gasteiger partial charge >= 0.3 is 0 Å². The number of ether oxygens (including phenoxy) is 1. The van der Waals surface area contributed by atoms with Crippen molar-refractivity contribution < 1.29 is 4.74 Å². The molecular formula is C15H27NO. The summed E-state index contributed by atoms with van der Waals surface area (Å²) in [6.07, 6.45) is 8.86. The van der Waals surface area contributed by atoms with Crippen molar-refractivity contribution in [3.8, 4) is 6.07 Å². The van der Waals surface area contributed by atoms with Gasteiger partial charge < -0.3 is 4.74 Å². The summed E-state index contributed by atoms with van der Waals surface area (Å²) in [6.45, 7) is 7.22. The van der Waals surface area contributed by atoms with Crippen molar-refractivity contribution in [2.45, 2.75) is 71.8 Å². The highest BCUT2D eigenvalue weighted by Gasteiger charge is 2.19. The van der Waals surface area contributed by atoms with Crippen LogP contribution in [0.5, 0.6) is 0 Å². The Morgan fingerprint density at radius 1 is 1.29 bits per heavy atom. The summed E-state index contributed by atoms with van der Waals surface area (Å²) in [5.74, 6) is 0.839. The summed E-state index contributed by atoms with van der Waals surface area (Å²) in [6, 6.07) is 2.35. The van der Waals surface area contributed by atoms with E-state index in [1.807, 2.05) is 13.8 Å². The summed E-state index contributed by atoms with van der Waals surface area (Å²) >= 11 is 0. The van der Waals surface area contributed by atoms with Crippen molar-refractivity contribution >= 4 is 0 Å². The predicted octanol–water partition coefficient (Wildman–Crippen LogP) is 4.30. The topological polar surface area (TPSA) is 33.0 Å². The van der Waals surface area contributed by atoms with Gasteiger partial charge in [0.25, 0.3) is 0 Å². The van der Waals surface area contributed by atoms with E-state index in [1.165, 1.54) is 25.7 Å². The van der Waals surface area contributed by atoms with Crippen LogP contribution in [0, 0.1) is 22.7 Å². The highest BCUT2D eigenvalue weighted by Crippen LogP contribution is 2.26. The smallest absolute Gasteiger partial charge is 0.0683 e. The molecule has 0 aromatic heterocycles. The van der Waals surface area contributed by atoms with Crippen LogP contribution in [0.15, 0.2) is 0 Å². The molecule has 0 radical (unpaired) electrons. The van der Waals surface area contributed by atoms with E-state index >= 15 is 0 Å². The maximum Gasteiger partial charge on any atom is 0.0683 e. The van der Waals surface area contributed by atoms with E-state index in [-0.39, 0.29) is 5.41 Å². The quantitative estimate of drug-likeness (QED) is 0.645. The van der Waals surface area contributed by atoms with E-state index < -0.39 is 0 Å². The predicted molar refractivity (Wildman–Crippen MR) is 70.6 cm³/mol. The van der Waals surface area contributed by atoms with Crippen molar-refractivity contribution in [2.24, 2.45) is 11.3 Å². The van der Waals surface area contributed by atoms with Gasteiger partial charge in [0.05, 0.1) is 17.6 Å². The normalized spacial score (nSPS) is 25.5. The van der Waals surface area contributed by atoms with Crippen LogP contribution in [0.1, 0.15) is 65.7 Å². The maximum absolute atomic E-state index is 8.90. The van der Waals surface area contributed by atoms with Gasteiger partial charge in [-0.05, 0) is 51.9 Å². The molecule has 2 nitrogen and oxygen atoms in total. The Hall–Kier alpha value is -0.550. The molecule has 0 spiro atoms. The minimum absolute atomic E-state index is 0.167. The second-order valence-corrected chi connectivity index (χ2v) is 6.22. The fourth-order valence-corrected chi connectivity index (χ4v) is 2.50. The van der Waals surface area contributed by atoms with Crippen molar-refractivity contribution in [3.05, 3.63) is 0 Å². The molecule has 2 atom stereocenters. The summed E-state index contributed by atoms with van der Waals surface area (Å²) in [5, 5.41) is 8.90. The van der Waals surface area contributed by atoms with Crippen LogP contribution in [0.25, 0.3) is 0 Å². The Morgan fingerprint density at radius 3 is 2.71 bits per heavy atom. The minimum Gasteiger partial charge on any atom is -0.378 e. The Balaban J connectivity index is 2.03. The molecular weight excluding hydrogens is 210 g/mol. The lowest BCUT2D eigenvalue weighted by Crippen LogP contribution is -2.22. The molecule has 1 aliphatic carbocycles. The maximum atomic E-state index is 8.90. The third-order valence-electron chi connectivity index (χ3n) is 3.74. The molecule has 0 bridgehead atoms. The van der Waals surface area contributed by atoms with Crippen molar-refractivity contribution in [3.63, 3.8) is 0 Å². The summed E-state index contributed by atoms with van der Waals surface area (Å²) in [5.41, 5.74) is -0.167. The van der Waals surface area contributed by atoms with Crippen LogP contribution < -0.4 is 0 Å². The van der Waals surface area contributed by atoms with E-state index in [0.717, 1.165) is 31.8 Å². The molecule has 1 saturated carbocycles. The van der Waals surface area contributed by atoms with Gasteiger partial charge in [-0.3, -0.25) is 0 Å². The first-order valence-corrected chi connectivity index (χ1v) is 7.06. The van der Waals surface area contributed by atoms with E-state index in [9.17, 15) is 0 Å². The molecule has 0 aromatic carbocycles. The highest BCUT2D eigenvalue weighted by atomic mass is 16.5. The molecule has 17 heavy (non-hydrogen) atoms. The Kier molecular flexibility index (Phi) is 5.98. The number of unbranched alkanes of at least 4 members (excludes halogenated alkanes) is 1. The molecule has 0 saturated heterocycles. The lowest BCUT2D eigenvalue weighted by atomic mass is 9.88. The molecule has 0 amide bonds. The average Bonchev–Trinajstić information content (AvgIpc) is 2.29. The van der Waals surface area contributed by atoms with Crippen LogP contribution in [0.3, 0.4) is 0 Å². The number of hydrogen-bond donors (Lipinski definition) is 0. The van der Waals surface area contributed by atoms with Crippen LogP contribution in [0.4, 0.5) is 0 Å². The molecule has 2 unspecified atom stereocenters. The van der Waals surface area contributed by atoms with Gasteiger partial charge in [-0.15, -0.1) is 0 Å². The van der Waals surface area contributed by atoms with Crippen LogP contribution in [0.2, 0.25) is 0 Å². The first-order chi connectivity index (χ1) is 8.03. The monoisotopic (exact) mass is 237 g/mol. The van der Waals surface area contributed by atoms with E-state index in [1.54, 1.807) is 0 Å². The Labute approximate surface area is 106 Å².